The lowest BCUT2D eigenvalue weighted by molar-refractivity contribution is -0.398. The van der Waals surface area contributed by atoms with Crippen LogP contribution in [-0.4, -0.2) is 76.1 Å². The SMILES string of the molecule is FC(F)(F)C(F)(F)C(F)(F)C(F)(F)COc1nc(OCC(F)(F)C(F)(F)C(F)(F)C(F)(F)F)nc(C2CCC3CCCCC3C2)n1. The van der Waals surface area contributed by atoms with Gasteiger partial charge in [0.1, 0.15) is 5.82 Å². The molecule has 0 amide bonds. The van der Waals surface area contributed by atoms with Gasteiger partial charge in [-0.15, -0.1) is 4.98 Å². The Bertz CT molecular complexity index is 1150. The maximum absolute atomic E-state index is 14.0. The number of fused-ring (bicyclic) bond motifs is 1. The molecule has 0 N–H and O–H groups in total. The summed E-state index contributed by atoms with van der Waals surface area (Å²) in [5, 5.41) is 0. The van der Waals surface area contributed by atoms with Gasteiger partial charge in [0.2, 0.25) is 0 Å². The van der Waals surface area contributed by atoms with E-state index in [9.17, 15) is 79.0 Å². The molecular formula is C23H21F18N3O2. The molecule has 0 saturated heterocycles. The van der Waals surface area contributed by atoms with E-state index in [1.165, 1.54) is 0 Å². The van der Waals surface area contributed by atoms with Crippen molar-refractivity contribution in [3.63, 3.8) is 0 Å². The van der Waals surface area contributed by atoms with Crippen LogP contribution in [0.3, 0.4) is 0 Å². The van der Waals surface area contributed by atoms with Crippen LogP contribution in [0.4, 0.5) is 79.0 Å². The van der Waals surface area contributed by atoms with Crippen molar-refractivity contribution in [3.8, 4) is 12.0 Å². The van der Waals surface area contributed by atoms with Crippen molar-refractivity contribution < 1.29 is 88.5 Å². The molecule has 0 bridgehead atoms. The Morgan fingerprint density at radius 1 is 0.478 bits per heavy atom. The average molecular weight is 713 g/mol. The van der Waals surface area contributed by atoms with Gasteiger partial charge in [-0.2, -0.15) is 89.0 Å². The molecule has 0 aliphatic heterocycles. The van der Waals surface area contributed by atoms with Crippen molar-refractivity contribution >= 4 is 0 Å². The molecule has 1 heterocycles. The number of alkyl halides is 18. The van der Waals surface area contributed by atoms with E-state index in [0.717, 1.165) is 19.3 Å². The third kappa shape index (κ3) is 6.82. The zero-order valence-corrected chi connectivity index (χ0v) is 22.6. The van der Waals surface area contributed by atoms with E-state index < -0.39 is 84.9 Å². The molecule has 2 saturated carbocycles. The lowest BCUT2D eigenvalue weighted by Crippen LogP contribution is -2.62. The van der Waals surface area contributed by atoms with Gasteiger partial charge in [0.05, 0.1) is 0 Å². The van der Waals surface area contributed by atoms with Crippen LogP contribution >= 0.6 is 0 Å². The Morgan fingerprint density at radius 2 is 0.870 bits per heavy atom. The van der Waals surface area contributed by atoms with Crippen molar-refractivity contribution in [3.05, 3.63) is 5.82 Å². The summed E-state index contributed by atoms with van der Waals surface area (Å²) in [6, 6.07) is -3.38. The first kappa shape index (κ1) is 37.8. The first-order valence-corrected chi connectivity index (χ1v) is 13.0. The lowest BCUT2D eigenvalue weighted by atomic mass is 9.67. The highest BCUT2D eigenvalue weighted by atomic mass is 19.4. The summed E-state index contributed by atoms with van der Waals surface area (Å²) in [6.07, 6.45) is -10.5. The van der Waals surface area contributed by atoms with Crippen LogP contribution in [0.1, 0.15) is 56.7 Å². The monoisotopic (exact) mass is 713 g/mol. The zero-order chi connectivity index (χ0) is 35.4. The molecule has 3 atom stereocenters. The lowest BCUT2D eigenvalue weighted by Gasteiger charge is -2.38. The topological polar surface area (TPSA) is 57.1 Å². The average Bonchev–Trinajstić information content (AvgIpc) is 2.93. The van der Waals surface area contributed by atoms with Gasteiger partial charge < -0.3 is 9.47 Å². The smallest absolute Gasteiger partial charge is 0.457 e. The van der Waals surface area contributed by atoms with E-state index in [0.29, 0.717) is 12.8 Å². The maximum Gasteiger partial charge on any atom is 0.460 e. The molecule has 23 heteroatoms. The summed E-state index contributed by atoms with van der Waals surface area (Å²) in [6.45, 7) is -6.06. The van der Waals surface area contributed by atoms with Crippen LogP contribution in [0, 0.1) is 11.8 Å². The second kappa shape index (κ2) is 12.1. The summed E-state index contributed by atoms with van der Waals surface area (Å²) in [5.74, 6) is -43.0. The molecule has 46 heavy (non-hydrogen) atoms. The zero-order valence-electron chi connectivity index (χ0n) is 22.6. The summed E-state index contributed by atoms with van der Waals surface area (Å²) in [7, 11) is 0. The molecule has 1 aromatic rings. The summed E-state index contributed by atoms with van der Waals surface area (Å²) in [4.78, 5) is 9.74. The molecule has 3 unspecified atom stereocenters. The highest BCUT2D eigenvalue weighted by molar-refractivity contribution is 5.12. The van der Waals surface area contributed by atoms with Crippen molar-refractivity contribution in [1.29, 1.82) is 0 Å². The van der Waals surface area contributed by atoms with Gasteiger partial charge in [0.15, 0.2) is 13.2 Å². The van der Waals surface area contributed by atoms with E-state index in [4.69, 9.17) is 0 Å². The third-order valence-corrected chi connectivity index (χ3v) is 7.70. The van der Waals surface area contributed by atoms with Crippen LogP contribution in [0.5, 0.6) is 12.0 Å². The van der Waals surface area contributed by atoms with Crippen LogP contribution in [0.15, 0.2) is 0 Å². The quantitative estimate of drug-likeness (QED) is 0.215. The van der Waals surface area contributed by atoms with Gasteiger partial charge >= 0.3 is 59.9 Å². The standard InChI is InChI=1S/C23H21F18N3O2/c24-16(25,18(28,29)20(32,33)22(36,37)38)8-45-14-42-13(12-6-5-10-3-1-2-4-11(10)7-12)43-15(44-14)46-9-17(26,27)19(30,31)21(34,35)23(39,40)41/h10-12H,1-9H2. The van der Waals surface area contributed by atoms with Crippen molar-refractivity contribution in [1.82, 2.24) is 15.0 Å². The Morgan fingerprint density at radius 3 is 1.26 bits per heavy atom. The molecule has 5 nitrogen and oxygen atoms in total. The molecule has 0 spiro atoms. The molecule has 2 aliphatic rings. The van der Waals surface area contributed by atoms with Gasteiger partial charge in [-0.05, 0) is 31.1 Å². The number of hydrogen-bond donors (Lipinski definition) is 0. The minimum atomic E-state index is -7.32. The Hall–Kier alpha value is -2.65. The normalized spacial score (nSPS) is 22.8. The van der Waals surface area contributed by atoms with Crippen molar-refractivity contribution in [2.45, 2.75) is 98.8 Å². The van der Waals surface area contributed by atoms with E-state index in [1.54, 1.807) is 0 Å². The largest absolute Gasteiger partial charge is 0.460 e. The predicted molar refractivity (Wildman–Crippen MR) is 115 cm³/mol. The van der Waals surface area contributed by atoms with Gasteiger partial charge in [-0.1, -0.05) is 25.7 Å². The van der Waals surface area contributed by atoms with Crippen LogP contribution in [-0.2, 0) is 0 Å². The van der Waals surface area contributed by atoms with Crippen LogP contribution < -0.4 is 9.47 Å². The summed E-state index contributed by atoms with van der Waals surface area (Å²) < 4.78 is 246. The molecule has 2 fully saturated rings. The Kier molecular flexibility index (Phi) is 9.95. The number of aromatic nitrogens is 3. The molecule has 2 aliphatic carbocycles. The first-order chi connectivity index (χ1) is 20.6. The van der Waals surface area contributed by atoms with Gasteiger partial charge in [-0.3, -0.25) is 0 Å². The van der Waals surface area contributed by atoms with E-state index in [-0.39, 0.29) is 24.7 Å². The Labute approximate surface area is 246 Å². The highest BCUT2D eigenvalue weighted by Gasteiger charge is 2.83. The van der Waals surface area contributed by atoms with Crippen molar-refractivity contribution in [2.24, 2.45) is 11.8 Å². The number of nitrogens with zero attached hydrogens (tertiary/aromatic N) is 3. The Balaban J connectivity index is 1.93. The maximum atomic E-state index is 14.0. The minimum absolute atomic E-state index is 0.0294. The summed E-state index contributed by atoms with van der Waals surface area (Å²) >= 11 is 0. The third-order valence-electron chi connectivity index (χ3n) is 7.70. The van der Waals surface area contributed by atoms with Gasteiger partial charge in [-0.25, -0.2) is 0 Å². The molecule has 3 rings (SSSR count). The van der Waals surface area contributed by atoms with Gasteiger partial charge in [0, 0.05) is 5.92 Å². The number of ether oxygens (including phenoxy) is 2. The molecule has 0 aromatic carbocycles. The van der Waals surface area contributed by atoms with Gasteiger partial charge in [0.25, 0.3) is 0 Å². The fourth-order valence-corrected chi connectivity index (χ4v) is 5.08. The molecule has 266 valence electrons. The van der Waals surface area contributed by atoms with Crippen molar-refractivity contribution in [2.75, 3.05) is 13.2 Å². The van der Waals surface area contributed by atoms with E-state index >= 15 is 0 Å². The van der Waals surface area contributed by atoms with Crippen LogP contribution in [0.2, 0.25) is 0 Å². The fraction of sp³-hybridized carbons (Fsp3) is 0.870. The molecular weight excluding hydrogens is 692 g/mol. The van der Waals surface area contributed by atoms with E-state index in [2.05, 4.69) is 24.4 Å². The highest BCUT2D eigenvalue weighted by Crippen LogP contribution is 2.54. The molecule has 0 radical (unpaired) electrons. The number of hydrogen-bond acceptors (Lipinski definition) is 5. The van der Waals surface area contributed by atoms with E-state index in [1.807, 2.05) is 0 Å². The fourth-order valence-electron chi connectivity index (χ4n) is 5.08. The van der Waals surface area contributed by atoms with Crippen LogP contribution in [0.25, 0.3) is 0 Å². The summed E-state index contributed by atoms with van der Waals surface area (Å²) in [5.41, 5.74) is 0. The number of rotatable bonds is 11. The second-order valence-corrected chi connectivity index (χ2v) is 10.9. The first-order valence-electron chi connectivity index (χ1n) is 13.0. The minimum Gasteiger partial charge on any atom is -0.457 e. The number of halogens is 18. The predicted octanol–water partition coefficient (Wildman–Crippen LogP) is 8.64. The molecule has 1 aromatic heterocycles. The second-order valence-electron chi connectivity index (χ2n) is 10.9.